The molecule has 0 radical (unpaired) electrons. The van der Waals surface area contributed by atoms with Gasteiger partial charge in [-0.3, -0.25) is 4.79 Å². The van der Waals surface area contributed by atoms with Crippen molar-refractivity contribution in [1.82, 2.24) is 10.6 Å². The zero-order valence-corrected chi connectivity index (χ0v) is 21.6. The van der Waals surface area contributed by atoms with Gasteiger partial charge in [0.25, 0.3) is 0 Å². The molecule has 0 bridgehead atoms. The molecule has 8 heteroatoms. The Hall–Kier alpha value is -3.67. The smallest absolute Gasteiger partial charge is 0.331 e. The highest BCUT2D eigenvalue weighted by Gasteiger charge is 2.37. The quantitative estimate of drug-likeness (QED) is 0.397. The number of rotatable bonds is 12. The molecule has 0 saturated carbocycles. The van der Waals surface area contributed by atoms with E-state index in [0.717, 1.165) is 24.0 Å². The number of nitrogens with one attached hydrogen (secondary N) is 2. The van der Waals surface area contributed by atoms with Crippen LogP contribution in [-0.2, 0) is 27.5 Å². The summed E-state index contributed by atoms with van der Waals surface area (Å²) < 4.78 is 12.1. The molecule has 0 spiro atoms. The Kier molecular flexibility index (Phi) is 10.2. The van der Waals surface area contributed by atoms with E-state index < -0.39 is 18.1 Å². The third-order valence-electron chi connectivity index (χ3n) is 6.52. The summed E-state index contributed by atoms with van der Waals surface area (Å²) in [4.78, 5) is 23.8. The highest BCUT2D eigenvalue weighted by Crippen LogP contribution is 2.25. The second-order valence-corrected chi connectivity index (χ2v) is 9.16. The molecule has 0 saturated heterocycles. The molecule has 37 heavy (non-hydrogen) atoms. The van der Waals surface area contributed by atoms with Gasteiger partial charge in [0.2, 0.25) is 5.91 Å². The summed E-state index contributed by atoms with van der Waals surface area (Å²) in [5.74, 6) is -0.493. The van der Waals surface area contributed by atoms with Gasteiger partial charge in [-0.15, -0.1) is 0 Å². The van der Waals surface area contributed by atoms with Gasteiger partial charge in [0.05, 0.1) is 29.9 Å². The van der Waals surface area contributed by atoms with Gasteiger partial charge in [-0.2, -0.15) is 5.26 Å². The van der Waals surface area contributed by atoms with E-state index in [9.17, 15) is 20.0 Å². The number of carbonyl (C=O) groups excluding carboxylic acids is 1. The van der Waals surface area contributed by atoms with E-state index in [-0.39, 0.29) is 30.0 Å². The zero-order chi connectivity index (χ0) is 26.8. The molecule has 1 aliphatic rings. The van der Waals surface area contributed by atoms with Crippen molar-refractivity contribution in [3.8, 4) is 11.8 Å². The van der Waals surface area contributed by atoms with Crippen molar-refractivity contribution in [3.05, 3.63) is 76.9 Å². The Bertz CT molecular complexity index is 1130. The summed E-state index contributed by atoms with van der Waals surface area (Å²) in [5.41, 5.74) is 2.67. The largest absolute Gasteiger partial charge is 0.489 e. The first-order valence-electron chi connectivity index (χ1n) is 12.6. The molecular weight excluding hydrogens is 470 g/mol. The number of carbonyl (C=O) groups is 2. The van der Waals surface area contributed by atoms with Crippen molar-refractivity contribution in [2.45, 2.75) is 77.5 Å². The number of aliphatic carboxylic acids is 1. The van der Waals surface area contributed by atoms with Crippen LogP contribution in [-0.4, -0.2) is 41.3 Å². The van der Waals surface area contributed by atoms with Crippen LogP contribution in [0.1, 0.15) is 56.7 Å². The molecule has 0 aromatic heterocycles. The Morgan fingerprint density at radius 2 is 1.84 bits per heavy atom. The SMILES string of the molecule is CCC(CC)O[C@@H]1C=C(C(=O)O)C[C@H](NCc2ccc(OCc3ccccc3C#N)cc2)[C@H]1NC(C)=O. The van der Waals surface area contributed by atoms with Crippen molar-refractivity contribution in [2.75, 3.05) is 0 Å². The molecule has 196 valence electrons. The molecule has 0 fully saturated rings. The van der Waals surface area contributed by atoms with Crippen LogP contribution in [0.4, 0.5) is 0 Å². The molecule has 0 heterocycles. The standard InChI is InChI=1S/C29H35N3O5/c1-4-24(5-2)37-27-15-23(29(34)35)14-26(28(27)32-19(3)33)31-17-20-10-12-25(13-11-20)36-18-22-9-7-6-8-21(22)16-30/h6-13,15,24,26-28,31H,4-5,14,17-18H2,1-3H3,(H,32,33)(H,34,35)/t26-,27+,28+/m0/s1. The molecule has 3 N–H and O–H groups in total. The van der Waals surface area contributed by atoms with E-state index >= 15 is 0 Å². The lowest BCUT2D eigenvalue weighted by Crippen LogP contribution is -2.58. The van der Waals surface area contributed by atoms with Gasteiger partial charge in [-0.25, -0.2) is 4.79 Å². The molecule has 8 nitrogen and oxygen atoms in total. The van der Waals surface area contributed by atoms with Crippen molar-refractivity contribution < 1.29 is 24.2 Å². The van der Waals surface area contributed by atoms with Gasteiger partial charge in [0.15, 0.2) is 0 Å². The third-order valence-corrected chi connectivity index (χ3v) is 6.52. The van der Waals surface area contributed by atoms with Gasteiger partial charge >= 0.3 is 5.97 Å². The molecule has 1 amide bonds. The van der Waals surface area contributed by atoms with Gasteiger partial charge < -0.3 is 25.2 Å². The summed E-state index contributed by atoms with van der Waals surface area (Å²) in [7, 11) is 0. The summed E-state index contributed by atoms with van der Waals surface area (Å²) >= 11 is 0. The number of hydrogen-bond acceptors (Lipinski definition) is 6. The van der Waals surface area contributed by atoms with E-state index in [1.807, 2.05) is 56.3 Å². The number of ether oxygens (including phenoxy) is 2. The highest BCUT2D eigenvalue weighted by molar-refractivity contribution is 5.87. The normalized spacial score (nSPS) is 19.1. The number of carboxylic acid groups (broad SMARTS) is 1. The number of carboxylic acids is 1. The Morgan fingerprint density at radius 1 is 1.14 bits per heavy atom. The average molecular weight is 506 g/mol. The fourth-order valence-corrected chi connectivity index (χ4v) is 4.43. The summed E-state index contributed by atoms with van der Waals surface area (Å²) in [6.07, 6.45) is 2.92. The first-order chi connectivity index (χ1) is 17.8. The van der Waals surface area contributed by atoms with Crippen molar-refractivity contribution >= 4 is 11.9 Å². The second-order valence-electron chi connectivity index (χ2n) is 9.16. The fourth-order valence-electron chi connectivity index (χ4n) is 4.43. The lowest BCUT2D eigenvalue weighted by Gasteiger charge is -2.38. The molecule has 0 unspecified atom stereocenters. The predicted molar refractivity (Wildman–Crippen MR) is 140 cm³/mol. The van der Waals surface area contributed by atoms with Crippen LogP contribution in [0.25, 0.3) is 0 Å². The Morgan fingerprint density at radius 3 is 2.46 bits per heavy atom. The number of nitrogens with zero attached hydrogens (tertiary/aromatic N) is 1. The molecule has 2 aromatic rings. The van der Waals surface area contributed by atoms with E-state index in [0.29, 0.717) is 24.5 Å². The van der Waals surface area contributed by atoms with E-state index in [1.165, 1.54) is 6.92 Å². The highest BCUT2D eigenvalue weighted by atomic mass is 16.5. The molecule has 1 aliphatic carbocycles. The van der Waals surface area contributed by atoms with E-state index in [2.05, 4.69) is 16.7 Å². The van der Waals surface area contributed by atoms with Crippen LogP contribution in [0.3, 0.4) is 0 Å². The topological polar surface area (TPSA) is 121 Å². The van der Waals surface area contributed by atoms with Crippen molar-refractivity contribution in [2.24, 2.45) is 0 Å². The minimum atomic E-state index is -0.981. The van der Waals surface area contributed by atoms with Crippen LogP contribution < -0.4 is 15.4 Å². The van der Waals surface area contributed by atoms with Crippen LogP contribution in [0.5, 0.6) is 5.75 Å². The summed E-state index contributed by atoms with van der Waals surface area (Å²) in [5, 5.41) is 25.3. The second kappa shape index (κ2) is 13.6. The van der Waals surface area contributed by atoms with Gasteiger partial charge in [-0.1, -0.05) is 44.2 Å². The third kappa shape index (κ3) is 7.91. The van der Waals surface area contributed by atoms with E-state index in [1.54, 1.807) is 12.1 Å². The first kappa shape index (κ1) is 27.9. The number of amides is 1. The lowest BCUT2D eigenvalue weighted by molar-refractivity contribution is -0.133. The zero-order valence-electron chi connectivity index (χ0n) is 21.6. The maximum Gasteiger partial charge on any atom is 0.331 e. The van der Waals surface area contributed by atoms with E-state index in [4.69, 9.17) is 9.47 Å². The van der Waals surface area contributed by atoms with Crippen LogP contribution >= 0.6 is 0 Å². The minimum Gasteiger partial charge on any atom is -0.489 e. The number of nitriles is 1. The van der Waals surface area contributed by atoms with Crippen LogP contribution in [0, 0.1) is 11.3 Å². The first-order valence-corrected chi connectivity index (χ1v) is 12.6. The molecule has 0 aliphatic heterocycles. The van der Waals surface area contributed by atoms with Crippen LogP contribution in [0.2, 0.25) is 0 Å². The number of hydrogen-bond donors (Lipinski definition) is 3. The lowest BCUT2D eigenvalue weighted by atomic mass is 9.87. The predicted octanol–water partition coefficient (Wildman–Crippen LogP) is 4.09. The maximum absolute atomic E-state index is 12.0. The van der Waals surface area contributed by atoms with Crippen LogP contribution in [0.15, 0.2) is 60.2 Å². The fraction of sp³-hybridized carbons (Fsp3) is 0.414. The molecule has 2 aromatic carbocycles. The maximum atomic E-state index is 12.0. The van der Waals surface area contributed by atoms with Crippen molar-refractivity contribution in [1.29, 1.82) is 5.26 Å². The summed E-state index contributed by atoms with van der Waals surface area (Å²) in [6.45, 7) is 6.28. The van der Waals surface area contributed by atoms with Gasteiger partial charge in [0.1, 0.15) is 12.4 Å². The monoisotopic (exact) mass is 505 g/mol. The summed E-state index contributed by atoms with van der Waals surface area (Å²) in [6, 6.07) is 16.4. The van der Waals surface area contributed by atoms with Crippen molar-refractivity contribution in [3.63, 3.8) is 0 Å². The average Bonchev–Trinajstić information content (AvgIpc) is 2.90. The molecule has 3 atom stereocenters. The Balaban J connectivity index is 1.68. The molecule has 3 rings (SSSR count). The Labute approximate surface area is 218 Å². The molecular formula is C29H35N3O5. The minimum absolute atomic E-state index is 0.0287. The van der Waals surface area contributed by atoms with Gasteiger partial charge in [0, 0.05) is 30.6 Å². The number of benzene rings is 2. The van der Waals surface area contributed by atoms with Gasteiger partial charge in [-0.05, 0) is 49.1 Å².